The number of benzene rings is 3. The van der Waals surface area contributed by atoms with Crippen LogP contribution in [0.1, 0.15) is 52.7 Å². The molecule has 4 rings (SSSR count). The van der Waals surface area contributed by atoms with Gasteiger partial charge in [-0.25, -0.2) is 4.79 Å². The number of rotatable bonds is 6. The highest BCUT2D eigenvalue weighted by Gasteiger charge is 2.25. The van der Waals surface area contributed by atoms with Crippen LogP contribution in [0.3, 0.4) is 0 Å². The molecule has 3 aromatic carbocycles. The van der Waals surface area contributed by atoms with Crippen LogP contribution in [-0.2, 0) is 13.0 Å². The molecule has 1 aliphatic heterocycles. The van der Waals surface area contributed by atoms with Crippen LogP contribution < -0.4 is 10.6 Å². The SMILES string of the molecule is CCc1ccc(NC(=O)N2CCCC(c3cccc(C(=O)NCc4cccc(Cl)c4)c3)C2)cc1. The third kappa shape index (κ3) is 6.17. The van der Waals surface area contributed by atoms with Gasteiger partial charge in [-0.05, 0) is 72.4 Å². The fourth-order valence-corrected chi connectivity index (χ4v) is 4.54. The number of urea groups is 1. The molecule has 0 bridgehead atoms. The topological polar surface area (TPSA) is 61.4 Å². The van der Waals surface area contributed by atoms with E-state index in [4.69, 9.17) is 11.6 Å². The number of halogens is 1. The van der Waals surface area contributed by atoms with Gasteiger partial charge in [0, 0.05) is 41.8 Å². The van der Waals surface area contributed by atoms with Crippen LogP contribution in [0.15, 0.2) is 72.8 Å². The normalized spacial score (nSPS) is 15.6. The molecular weight excluding hydrogens is 446 g/mol. The number of carbonyl (C=O) groups excluding carboxylic acids is 2. The lowest BCUT2D eigenvalue weighted by Crippen LogP contribution is -2.41. The molecular formula is C28H30ClN3O2. The van der Waals surface area contributed by atoms with E-state index in [2.05, 4.69) is 17.6 Å². The summed E-state index contributed by atoms with van der Waals surface area (Å²) in [4.78, 5) is 27.5. The number of anilines is 1. The quantitative estimate of drug-likeness (QED) is 0.443. The van der Waals surface area contributed by atoms with Crippen LogP contribution in [0, 0.1) is 0 Å². The molecule has 1 atom stereocenters. The summed E-state index contributed by atoms with van der Waals surface area (Å²) in [6.45, 7) is 3.89. The van der Waals surface area contributed by atoms with Crippen molar-refractivity contribution in [1.82, 2.24) is 10.2 Å². The van der Waals surface area contributed by atoms with E-state index in [1.807, 2.05) is 77.7 Å². The number of likely N-dealkylation sites (tertiary alicyclic amines) is 1. The van der Waals surface area contributed by atoms with E-state index in [1.54, 1.807) is 0 Å². The van der Waals surface area contributed by atoms with Crippen molar-refractivity contribution in [3.8, 4) is 0 Å². The van der Waals surface area contributed by atoms with Gasteiger partial charge in [-0.1, -0.05) is 54.9 Å². The number of nitrogens with zero attached hydrogens (tertiary/aromatic N) is 1. The summed E-state index contributed by atoms with van der Waals surface area (Å²) in [5.41, 5.74) is 4.71. The van der Waals surface area contributed by atoms with Gasteiger partial charge >= 0.3 is 6.03 Å². The van der Waals surface area contributed by atoms with Crippen LogP contribution in [0.2, 0.25) is 5.02 Å². The summed E-state index contributed by atoms with van der Waals surface area (Å²) in [6, 6.07) is 23.1. The summed E-state index contributed by atoms with van der Waals surface area (Å²) < 4.78 is 0. The van der Waals surface area contributed by atoms with Crippen molar-refractivity contribution < 1.29 is 9.59 Å². The van der Waals surface area contributed by atoms with Gasteiger partial charge in [-0.3, -0.25) is 4.79 Å². The van der Waals surface area contributed by atoms with E-state index >= 15 is 0 Å². The Morgan fingerprint density at radius 1 is 1.00 bits per heavy atom. The molecule has 2 N–H and O–H groups in total. The molecule has 3 aromatic rings. The van der Waals surface area contributed by atoms with Gasteiger partial charge in [0.2, 0.25) is 0 Å². The molecule has 0 saturated carbocycles. The Morgan fingerprint density at radius 2 is 1.79 bits per heavy atom. The number of aryl methyl sites for hydroxylation is 1. The van der Waals surface area contributed by atoms with Crippen molar-refractivity contribution in [2.45, 2.75) is 38.6 Å². The van der Waals surface area contributed by atoms with Crippen LogP contribution in [0.5, 0.6) is 0 Å². The standard InChI is InChI=1S/C28H30ClN3O2/c1-2-20-11-13-26(14-12-20)31-28(34)32-15-5-9-24(19-32)22-7-4-8-23(17-22)27(33)30-18-21-6-3-10-25(29)16-21/h3-4,6-8,10-14,16-17,24H,2,5,9,15,18-19H2,1H3,(H,30,33)(H,31,34). The molecule has 6 heteroatoms. The van der Waals surface area contributed by atoms with Crippen LogP contribution >= 0.6 is 11.6 Å². The Hall–Kier alpha value is -3.31. The maximum atomic E-state index is 12.9. The molecule has 0 aliphatic carbocycles. The first-order valence-corrected chi connectivity index (χ1v) is 12.2. The first-order chi connectivity index (χ1) is 16.5. The number of piperidine rings is 1. The number of hydrogen-bond donors (Lipinski definition) is 2. The zero-order valence-electron chi connectivity index (χ0n) is 19.4. The van der Waals surface area contributed by atoms with Crippen molar-refractivity contribution in [3.63, 3.8) is 0 Å². The molecule has 0 aromatic heterocycles. The number of carbonyl (C=O) groups is 2. The third-order valence-electron chi connectivity index (χ3n) is 6.28. The van der Waals surface area contributed by atoms with Crippen LogP contribution in [0.4, 0.5) is 10.5 Å². The lowest BCUT2D eigenvalue weighted by Gasteiger charge is -2.33. The molecule has 1 saturated heterocycles. The molecule has 3 amide bonds. The van der Waals surface area contributed by atoms with Gasteiger partial charge in [0.15, 0.2) is 0 Å². The van der Waals surface area contributed by atoms with Gasteiger partial charge in [0.05, 0.1) is 0 Å². The number of nitrogens with one attached hydrogen (secondary N) is 2. The third-order valence-corrected chi connectivity index (χ3v) is 6.52. The highest BCUT2D eigenvalue weighted by molar-refractivity contribution is 6.30. The average molecular weight is 476 g/mol. The predicted molar refractivity (Wildman–Crippen MR) is 137 cm³/mol. The molecule has 176 valence electrons. The second-order valence-electron chi connectivity index (χ2n) is 8.70. The largest absolute Gasteiger partial charge is 0.348 e. The van der Waals surface area contributed by atoms with Gasteiger partial charge in [-0.15, -0.1) is 0 Å². The van der Waals surface area contributed by atoms with Crippen LogP contribution in [0.25, 0.3) is 0 Å². The van der Waals surface area contributed by atoms with Crippen LogP contribution in [-0.4, -0.2) is 29.9 Å². The fourth-order valence-electron chi connectivity index (χ4n) is 4.33. The van der Waals surface area contributed by atoms with Crippen molar-refractivity contribution >= 4 is 29.2 Å². The summed E-state index contributed by atoms with van der Waals surface area (Å²) in [7, 11) is 0. The lowest BCUT2D eigenvalue weighted by atomic mass is 9.89. The summed E-state index contributed by atoms with van der Waals surface area (Å²) >= 11 is 6.03. The van der Waals surface area contributed by atoms with Gasteiger partial charge in [0.25, 0.3) is 5.91 Å². The first kappa shape index (κ1) is 23.8. The minimum Gasteiger partial charge on any atom is -0.348 e. The molecule has 0 radical (unpaired) electrons. The van der Waals surface area contributed by atoms with Gasteiger partial charge in [-0.2, -0.15) is 0 Å². The van der Waals surface area contributed by atoms with E-state index in [1.165, 1.54) is 5.56 Å². The Morgan fingerprint density at radius 3 is 2.56 bits per heavy atom. The molecule has 1 aliphatic rings. The minimum absolute atomic E-state index is 0.0793. The minimum atomic E-state index is -0.122. The van der Waals surface area contributed by atoms with Gasteiger partial charge < -0.3 is 15.5 Å². The highest BCUT2D eigenvalue weighted by atomic mass is 35.5. The molecule has 34 heavy (non-hydrogen) atoms. The predicted octanol–water partition coefficient (Wildman–Crippen LogP) is 6.24. The number of hydrogen-bond acceptors (Lipinski definition) is 2. The Balaban J connectivity index is 1.37. The zero-order valence-corrected chi connectivity index (χ0v) is 20.1. The zero-order chi connectivity index (χ0) is 23.9. The fraction of sp³-hybridized carbons (Fsp3) is 0.286. The van der Waals surface area contributed by atoms with Crippen molar-refractivity contribution in [2.75, 3.05) is 18.4 Å². The number of amides is 3. The Labute approximate surface area is 206 Å². The summed E-state index contributed by atoms with van der Waals surface area (Å²) in [5, 5.41) is 6.63. The summed E-state index contributed by atoms with van der Waals surface area (Å²) in [5.74, 6) is 0.0745. The monoisotopic (exact) mass is 475 g/mol. The molecule has 1 heterocycles. The van der Waals surface area contributed by atoms with Crippen molar-refractivity contribution in [1.29, 1.82) is 0 Å². The van der Waals surface area contributed by atoms with E-state index in [-0.39, 0.29) is 17.9 Å². The van der Waals surface area contributed by atoms with E-state index < -0.39 is 0 Å². The summed E-state index contributed by atoms with van der Waals surface area (Å²) in [6.07, 6.45) is 2.89. The highest BCUT2D eigenvalue weighted by Crippen LogP contribution is 2.28. The second kappa shape index (κ2) is 11.2. The molecule has 1 unspecified atom stereocenters. The van der Waals surface area contributed by atoms with E-state index in [0.29, 0.717) is 23.7 Å². The molecule has 0 spiro atoms. The maximum Gasteiger partial charge on any atom is 0.321 e. The maximum absolute atomic E-state index is 12.9. The Kier molecular flexibility index (Phi) is 7.86. The van der Waals surface area contributed by atoms with E-state index in [9.17, 15) is 9.59 Å². The smallest absolute Gasteiger partial charge is 0.321 e. The Bertz CT molecular complexity index is 1150. The van der Waals surface area contributed by atoms with Crippen molar-refractivity contribution in [2.24, 2.45) is 0 Å². The molecule has 1 fully saturated rings. The first-order valence-electron chi connectivity index (χ1n) is 11.8. The lowest BCUT2D eigenvalue weighted by molar-refractivity contribution is 0.0950. The molecule has 5 nitrogen and oxygen atoms in total. The second-order valence-corrected chi connectivity index (χ2v) is 9.14. The van der Waals surface area contributed by atoms with Gasteiger partial charge in [0.1, 0.15) is 0 Å². The average Bonchev–Trinajstić information content (AvgIpc) is 2.88. The van der Waals surface area contributed by atoms with E-state index in [0.717, 1.165) is 42.6 Å². The van der Waals surface area contributed by atoms with Crippen molar-refractivity contribution in [3.05, 3.63) is 100 Å².